The van der Waals surface area contributed by atoms with Crippen molar-refractivity contribution in [3.8, 4) is 0 Å². The van der Waals surface area contributed by atoms with Crippen LogP contribution in [0, 0.1) is 17.8 Å². The first-order valence-electron chi connectivity index (χ1n) is 9.88. The van der Waals surface area contributed by atoms with Crippen molar-refractivity contribution >= 4 is 30.1 Å². The van der Waals surface area contributed by atoms with Crippen LogP contribution in [-0.4, -0.2) is 59.9 Å². The molecule has 1 saturated heterocycles. The molecule has 0 spiro atoms. The molecule has 0 aromatic heterocycles. The Bertz CT molecular complexity index is 622. The number of amides is 4. The van der Waals surface area contributed by atoms with Gasteiger partial charge in [0.2, 0.25) is 17.7 Å². The third-order valence-electron chi connectivity index (χ3n) is 4.76. The van der Waals surface area contributed by atoms with Crippen LogP contribution in [0.1, 0.15) is 47.0 Å². The zero-order chi connectivity index (χ0) is 22.1. The van der Waals surface area contributed by atoms with E-state index in [0.29, 0.717) is 25.7 Å². The Balaban J connectivity index is 2.82. The van der Waals surface area contributed by atoms with Crippen LogP contribution in [0.3, 0.4) is 0 Å². The molecule has 29 heavy (non-hydrogen) atoms. The smallest absolute Gasteiger partial charge is 0.405 e. The number of carbonyl (C=O) groups is 5. The first kappa shape index (κ1) is 24.4. The van der Waals surface area contributed by atoms with Gasteiger partial charge in [0.15, 0.2) is 0 Å². The Morgan fingerprint density at radius 2 is 1.79 bits per heavy atom. The second kappa shape index (κ2) is 11.4. The minimum absolute atomic E-state index is 0.0614. The van der Waals surface area contributed by atoms with Gasteiger partial charge in [0, 0.05) is 12.5 Å². The van der Waals surface area contributed by atoms with E-state index >= 15 is 0 Å². The van der Waals surface area contributed by atoms with Crippen molar-refractivity contribution < 1.29 is 29.1 Å². The van der Waals surface area contributed by atoms with Crippen molar-refractivity contribution in [2.75, 3.05) is 6.54 Å². The summed E-state index contributed by atoms with van der Waals surface area (Å²) in [4.78, 5) is 59.4. The van der Waals surface area contributed by atoms with Gasteiger partial charge in [-0.15, -0.1) is 0 Å². The van der Waals surface area contributed by atoms with E-state index in [9.17, 15) is 24.0 Å². The molecule has 10 heteroatoms. The van der Waals surface area contributed by atoms with Gasteiger partial charge in [0.25, 0.3) is 0 Å². The number of carboxylic acid groups (broad SMARTS) is 1. The molecule has 4 amide bonds. The first-order chi connectivity index (χ1) is 13.5. The SMILES string of the molecule is CC(C)C[C@H](NC(=O)[C@@H](NC(=O)O)C(C)C)C(=O)N[C@H](C=O)C[C@@H]1CCNC1=O. The lowest BCUT2D eigenvalue weighted by molar-refractivity contribution is -0.132. The molecule has 1 fully saturated rings. The highest BCUT2D eigenvalue weighted by Gasteiger charge is 2.32. The first-order valence-corrected chi connectivity index (χ1v) is 9.88. The summed E-state index contributed by atoms with van der Waals surface area (Å²) >= 11 is 0. The summed E-state index contributed by atoms with van der Waals surface area (Å²) < 4.78 is 0. The third-order valence-corrected chi connectivity index (χ3v) is 4.76. The lowest BCUT2D eigenvalue weighted by Crippen LogP contribution is -2.56. The number of hydrogen-bond acceptors (Lipinski definition) is 5. The van der Waals surface area contributed by atoms with Crippen LogP contribution in [-0.2, 0) is 19.2 Å². The molecule has 0 unspecified atom stereocenters. The Morgan fingerprint density at radius 1 is 1.14 bits per heavy atom. The van der Waals surface area contributed by atoms with E-state index < -0.39 is 36.0 Å². The van der Waals surface area contributed by atoms with Gasteiger partial charge in [-0.2, -0.15) is 0 Å². The van der Waals surface area contributed by atoms with Gasteiger partial charge in [-0.05, 0) is 31.1 Å². The monoisotopic (exact) mass is 412 g/mol. The van der Waals surface area contributed by atoms with Crippen molar-refractivity contribution in [2.45, 2.75) is 65.1 Å². The molecular formula is C19H32N4O6. The van der Waals surface area contributed by atoms with Crippen LogP contribution in [0.5, 0.6) is 0 Å². The molecule has 1 heterocycles. The summed E-state index contributed by atoms with van der Waals surface area (Å²) in [6.07, 6.45) is 0.353. The van der Waals surface area contributed by atoms with Crippen molar-refractivity contribution in [1.29, 1.82) is 0 Å². The van der Waals surface area contributed by atoms with Crippen LogP contribution in [0.15, 0.2) is 0 Å². The molecule has 5 N–H and O–H groups in total. The lowest BCUT2D eigenvalue weighted by Gasteiger charge is -2.26. The van der Waals surface area contributed by atoms with Crippen LogP contribution in [0.2, 0.25) is 0 Å². The highest BCUT2D eigenvalue weighted by molar-refractivity contribution is 5.92. The second-order valence-electron chi connectivity index (χ2n) is 8.13. The van der Waals surface area contributed by atoms with E-state index in [-0.39, 0.29) is 30.1 Å². The predicted molar refractivity (Wildman–Crippen MR) is 105 cm³/mol. The topological polar surface area (TPSA) is 154 Å². The molecule has 4 atom stereocenters. The maximum Gasteiger partial charge on any atom is 0.405 e. The van der Waals surface area contributed by atoms with Gasteiger partial charge in [-0.3, -0.25) is 14.4 Å². The molecule has 1 aliphatic rings. The third kappa shape index (κ3) is 8.08. The average molecular weight is 412 g/mol. The maximum atomic E-state index is 12.7. The number of aldehydes is 1. The Kier molecular flexibility index (Phi) is 9.57. The van der Waals surface area contributed by atoms with E-state index in [0.717, 1.165) is 0 Å². The lowest BCUT2D eigenvalue weighted by atomic mass is 9.97. The molecule has 0 saturated carbocycles. The van der Waals surface area contributed by atoms with Crippen molar-refractivity contribution in [3.05, 3.63) is 0 Å². The number of hydrogen-bond donors (Lipinski definition) is 5. The van der Waals surface area contributed by atoms with Gasteiger partial charge in [-0.1, -0.05) is 27.7 Å². The minimum atomic E-state index is -1.33. The van der Waals surface area contributed by atoms with Gasteiger partial charge in [0.05, 0.1) is 6.04 Å². The van der Waals surface area contributed by atoms with E-state index in [1.165, 1.54) is 0 Å². The minimum Gasteiger partial charge on any atom is -0.465 e. The molecule has 1 rings (SSSR count). The zero-order valence-corrected chi connectivity index (χ0v) is 17.4. The molecule has 0 bridgehead atoms. The highest BCUT2D eigenvalue weighted by Crippen LogP contribution is 2.16. The standard InChI is InChI=1S/C19H32N4O6/c1-10(2)7-14(22-18(27)15(11(3)4)23-19(28)29)17(26)21-13(9-24)8-12-5-6-20-16(12)25/h9-15,23H,5-8H2,1-4H3,(H,20,25)(H,21,26)(H,22,27)(H,28,29)/t12-,13-,14-,15-/m0/s1. The molecule has 1 aliphatic heterocycles. The van der Waals surface area contributed by atoms with E-state index in [1.54, 1.807) is 13.8 Å². The fourth-order valence-electron chi connectivity index (χ4n) is 3.24. The fraction of sp³-hybridized carbons (Fsp3) is 0.737. The van der Waals surface area contributed by atoms with Gasteiger partial charge in [-0.25, -0.2) is 4.79 Å². The number of rotatable bonds is 11. The Labute approximate surface area is 170 Å². The second-order valence-corrected chi connectivity index (χ2v) is 8.13. The van der Waals surface area contributed by atoms with Gasteiger partial charge < -0.3 is 31.2 Å². The van der Waals surface area contributed by atoms with Gasteiger partial charge in [0.1, 0.15) is 18.4 Å². The number of carbonyl (C=O) groups excluding carboxylic acids is 4. The van der Waals surface area contributed by atoms with Gasteiger partial charge >= 0.3 is 6.09 Å². The molecular weight excluding hydrogens is 380 g/mol. The summed E-state index contributed by atoms with van der Waals surface area (Å²) in [5, 5.41) is 19.0. The Morgan fingerprint density at radius 3 is 2.24 bits per heavy atom. The molecule has 0 aromatic carbocycles. The maximum absolute atomic E-state index is 12.7. The zero-order valence-electron chi connectivity index (χ0n) is 17.4. The van der Waals surface area contributed by atoms with Crippen LogP contribution in [0.25, 0.3) is 0 Å². The molecule has 164 valence electrons. The van der Waals surface area contributed by atoms with E-state index in [1.807, 2.05) is 13.8 Å². The highest BCUT2D eigenvalue weighted by atomic mass is 16.4. The molecule has 0 aromatic rings. The summed E-state index contributed by atoms with van der Waals surface area (Å²) in [7, 11) is 0. The van der Waals surface area contributed by atoms with Crippen LogP contribution >= 0.6 is 0 Å². The molecule has 0 aliphatic carbocycles. The quantitative estimate of drug-likeness (QED) is 0.302. The van der Waals surface area contributed by atoms with Crippen molar-refractivity contribution in [1.82, 2.24) is 21.3 Å². The summed E-state index contributed by atoms with van der Waals surface area (Å²) in [6, 6.07) is -2.79. The summed E-state index contributed by atoms with van der Waals surface area (Å²) in [5.74, 6) is -1.89. The number of nitrogens with one attached hydrogen (secondary N) is 4. The van der Waals surface area contributed by atoms with E-state index in [2.05, 4.69) is 21.3 Å². The fourth-order valence-corrected chi connectivity index (χ4v) is 3.24. The van der Waals surface area contributed by atoms with E-state index in [4.69, 9.17) is 5.11 Å². The van der Waals surface area contributed by atoms with Crippen molar-refractivity contribution in [3.63, 3.8) is 0 Å². The average Bonchev–Trinajstić information content (AvgIpc) is 3.02. The molecule has 10 nitrogen and oxygen atoms in total. The normalized spacial score (nSPS) is 19.2. The predicted octanol–water partition coefficient (Wildman–Crippen LogP) is 0.0194. The van der Waals surface area contributed by atoms with Crippen LogP contribution in [0.4, 0.5) is 4.79 Å². The van der Waals surface area contributed by atoms with Crippen LogP contribution < -0.4 is 21.3 Å². The summed E-state index contributed by atoms with van der Waals surface area (Å²) in [5.41, 5.74) is 0. The van der Waals surface area contributed by atoms with Crippen molar-refractivity contribution in [2.24, 2.45) is 17.8 Å². The Hall–Kier alpha value is -2.65. The largest absolute Gasteiger partial charge is 0.465 e. The molecule has 0 radical (unpaired) electrons. The summed E-state index contributed by atoms with van der Waals surface area (Å²) in [6.45, 7) is 7.67.